The minimum Gasteiger partial charge on any atom is -0.461 e. The predicted octanol–water partition coefficient (Wildman–Crippen LogP) is 5.18. The molecule has 2 heterocycles. The molecule has 1 unspecified atom stereocenters. The number of fused-ring (bicyclic) bond motifs is 1. The van der Waals surface area contributed by atoms with Crippen LogP contribution in [-0.2, 0) is 14.3 Å². The number of carbonyl (C=O) groups excluding carboxylic acids is 3. The van der Waals surface area contributed by atoms with E-state index in [0.717, 1.165) is 43.0 Å². The van der Waals surface area contributed by atoms with Crippen LogP contribution in [0.15, 0.2) is 24.3 Å². The average molecular weight is 555 g/mol. The highest BCUT2D eigenvalue weighted by molar-refractivity contribution is 6.01. The molecular weight excluding hydrogens is 511 g/mol. The SMILES string of the molecule is CCOC(=O)c1cc2cc(NC(=O)[C@@H]3[C@H](C4CCCCC4)CCN3C(=O)C3CCC(C(N)CF)CC3)ccc2[nH]1. The molecule has 0 spiro atoms. The number of benzene rings is 1. The van der Waals surface area contributed by atoms with Gasteiger partial charge in [0.25, 0.3) is 0 Å². The van der Waals surface area contributed by atoms with E-state index in [4.69, 9.17) is 10.5 Å². The number of aromatic nitrogens is 1. The monoisotopic (exact) mass is 554 g/mol. The van der Waals surface area contributed by atoms with Gasteiger partial charge in [0.2, 0.25) is 11.8 Å². The molecule has 2 aromatic rings. The van der Waals surface area contributed by atoms with E-state index in [0.29, 0.717) is 43.3 Å². The van der Waals surface area contributed by atoms with Crippen molar-refractivity contribution in [1.29, 1.82) is 0 Å². The molecule has 218 valence electrons. The van der Waals surface area contributed by atoms with Crippen molar-refractivity contribution in [2.45, 2.75) is 83.2 Å². The fourth-order valence-corrected chi connectivity index (χ4v) is 7.36. The molecule has 8 nitrogen and oxygen atoms in total. The Morgan fingerprint density at radius 3 is 2.52 bits per heavy atom. The summed E-state index contributed by atoms with van der Waals surface area (Å²) in [6, 6.07) is 6.27. The van der Waals surface area contributed by atoms with Crippen molar-refractivity contribution in [2.24, 2.45) is 29.4 Å². The highest BCUT2D eigenvalue weighted by Crippen LogP contribution is 2.41. The number of H-pyrrole nitrogens is 1. The summed E-state index contributed by atoms with van der Waals surface area (Å²) in [5.41, 5.74) is 7.72. The smallest absolute Gasteiger partial charge is 0.354 e. The molecule has 5 rings (SSSR count). The molecule has 2 amide bonds. The maximum absolute atomic E-state index is 13.9. The Labute approximate surface area is 235 Å². The maximum atomic E-state index is 13.9. The number of carbonyl (C=O) groups is 3. The molecule has 1 aromatic carbocycles. The van der Waals surface area contributed by atoms with Crippen LogP contribution in [0.5, 0.6) is 0 Å². The number of hydrogen-bond donors (Lipinski definition) is 3. The number of rotatable bonds is 8. The summed E-state index contributed by atoms with van der Waals surface area (Å²) in [4.78, 5) is 44.8. The summed E-state index contributed by atoms with van der Waals surface area (Å²) in [5.74, 6) is 0.0728. The summed E-state index contributed by atoms with van der Waals surface area (Å²) in [5, 5.41) is 3.90. The molecule has 2 saturated carbocycles. The van der Waals surface area contributed by atoms with Crippen molar-refractivity contribution in [3.05, 3.63) is 30.0 Å². The van der Waals surface area contributed by atoms with E-state index in [1.165, 1.54) is 19.3 Å². The Kier molecular flexibility index (Phi) is 9.08. The van der Waals surface area contributed by atoms with Crippen molar-refractivity contribution in [2.75, 3.05) is 25.1 Å². The Hall–Kier alpha value is -2.94. The lowest BCUT2D eigenvalue weighted by Gasteiger charge is -2.36. The Morgan fingerprint density at radius 1 is 1.07 bits per heavy atom. The molecule has 4 N–H and O–H groups in total. The van der Waals surface area contributed by atoms with Crippen LogP contribution in [0, 0.1) is 23.7 Å². The molecule has 40 heavy (non-hydrogen) atoms. The number of nitrogens with two attached hydrogens (primary N) is 1. The van der Waals surface area contributed by atoms with E-state index in [-0.39, 0.29) is 29.6 Å². The van der Waals surface area contributed by atoms with E-state index in [9.17, 15) is 18.8 Å². The largest absolute Gasteiger partial charge is 0.461 e. The molecular formula is C31H43FN4O4. The number of nitrogens with zero attached hydrogens (tertiary/aromatic N) is 1. The minimum atomic E-state index is -0.528. The molecule has 1 aromatic heterocycles. The standard InChI is InChI=1S/C31H43FN4O4/c1-2-40-31(39)27-17-22-16-23(12-13-26(22)35-27)34-29(37)28-24(19-6-4-3-5-7-19)14-15-36(28)30(38)21-10-8-20(9-11-21)25(33)18-32/h12-13,16-17,19-21,24-25,28,35H,2-11,14-15,18,33H2,1H3,(H,34,37)/t20?,21?,24-,25?,28-/m0/s1. The third-order valence-corrected chi connectivity index (χ3v) is 9.54. The van der Waals surface area contributed by atoms with Gasteiger partial charge in [0.15, 0.2) is 0 Å². The van der Waals surface area contributed by atoms with Gasteiger partial charge in [-0.05, 0) is 81.0 Å². The Bertz CT molecular complexity index is 1200. The third-order valence-electron chi connectivity index (χ3n) is 9.54. The number of alkyl halides is 1. The zero-order chi connectivity index (χ0) is 28.2. The number of hydrogen-bond acceptors (Lipinski definition) is 5. The quantitative estimate of drug-likeness (QED) is 0.389. The number of nitrogens with one attached hydrogen (secondary N) is 2. The van der Waals surface area contributed by atoms with Gasteiger partial charge in [-0.3, -0.25) is 9.59 Å². The lowest BCUT2D eigenvalue weighted by molar-refractivity contribution is -0.142. The normalized spacial score (nSPS) is 26.5. The molecule has 9 heteroatoms. The topological polar surface area (TPSA) is 118 Å². The first-order valence-electron chi connectivity index (χ1n) is 15.1. The zero-order valence-corrected chi connectivity index (χ0v) is 23.5. The second-order valence-electron chi connectivity index (χ2n) is 12.0. The average Bonchev–Trinajstić information content (AvgIpc) is 3.62. The maximum Gasteiger partial charge on any atom is 0.354 e. The Balaban J connectivity index is 1.33. The number of halogens is 1. The number of aromatic amines is 1. The van der Waals surface area contributed by atoms with Crippen molar-refractivity contribution in [3.63, 3.8) is 0 Å². The fraction of sp³-hybridized carbons (Fsp3) is 0.645. The van der Waals surface area contributed by atoms with E-state index in [2.05, 4.69) is 10.3 Å². The highest BCUT2D eigenvalue weighted by Gasteiger charge is 2.47. The van der Waals surface area contributed by atoms with Gasteiger partial charge >= 0.3 is 5.97 Å². The first-order valence-corrected chi connectivity index (χ1v) is 15.1. The predicted molar refractivity (Wildman–Crippen MR) is 152 cm³/mol. The lowest BCUT2D eigenvalue weighted by atomic mass is 9.76. The first-order chi connectivity index (χ1) is 19.4. The molecule has 2 aliphatic carbocycles. The van der Waals surface area contributed by atoms with Gasteiger partial charge in [-0.25, -0.2) is 9.18 Å². The number of likely N-dealkylation sites (tertiary alicyclic amines) is 1. The molecule has 3 aliphatic rings. The summed E-state index contributed by atoms with van der Waals surface area (Å²) < 4.78 is 18.2. The summed E-state index contributed by atoms with van der Waals surface area (Å²) in [6.07, 6.45) is 9.54. The van der Waals surface area contributed by atoms with E-state index >= 15 is 0 Å². The molecule has 3 atom stereocenters. The van der Waals surface area contributed by atoms with Crippen LogP contribution in [0.1, 0.15) is 81.6 Å². The second kappa shape index (κ2) is 12.7. The minimum absolute atomic E-state index is 0.0610. The molecule has 3 fully saturated rings. The second-order valence-corrected chi connectivity index (χ2v) is 12.0. The summed E-state index contributed by atoms with van der Waals surface area (Å²) in [6.45, 7) is 2.13. The van der Waals surface area contributed by atoms with Gasteiger partial charge in [-0.2, -0.15) is 0 Å². The first kappa shape index (κ1) is 28.6. The van der Waals surface area contributed by atoms with Crippen LogP contribution < -0.4 is 11.1 Å². The van der Waals surface area contributed by atoms with E-state index in [1.54, 1.807) is 13.0 Å². The number of esters is 1. The fourth-order valence-electron chi connectivity index (χ4n) is 7.36. The van der Waals surface area contributed by atoms with Gasteiger partial charge in [-0.15, -0.1) is 0 Å². The van der Waals surface area contributed by atoms with Crippen LogP contribution in [0.2, 0.25) is 0 Å². The van der Waals surface area contributed by atoms with Crippen molar-refractivity contribution in [1.82, 2.24) is 9.88 Å². The van der Waals surface area contributed by atoms with Crippen molar-refractivity contribution in [3.8, 4) is 0 Å². The van der Waals surface area contributed by atoms with Crippen molar-refractivity contribution >= 4 is 34.4 Å². The summed E-state index contributed by atoms with van der Waals surface area (Å²) in [7, 11) is 0. The van der Waals surface area contributed by atoms with Crippen LogP contribution in [0.25, 0.3) is 10.9 Å². The van der Waals surface area contributed by atoms with Crippen LogP contribution >= 0.6 is 0 Å². The van der Waals surface area contributed by atoms with E-state index < -0.39 is 24.7 Å². The van der Waals surface area contributed by atoms with E-state index in [1.807, 2.05) is 23.1 Å². The van der Waals surface area contributed by atoms with Crippen LogP contribution in [-0.4, -0.2) is 59.6 Å². The van der Waals surface area contributed by atoms with Crippen molar-refractivity contribution < 1.29 is 23.5 Å². The van der Waals surface area contributed by atoms with Crippen LogP contribution in [0.4, 0.5) is 10.1 Å². The van der Waals surface area contributed by atoms with Crippen LogP contribution in [0.3, 0.4) is 0 Å². The van der Waals surface area contributed by atoms with Gasteiger partial charge in [0, 0.05) is 35.1 Å². The lowest BCUT2D eigenvalue weighted by Crippen LogP contribution is -2.50. The zero-order valence-electron chi connectivity index (χ0n) is 23.5. The third kappa shape index (κ3) is 6.04. The molecule has 1 aliphatic heterocycles. The van der Waals surface area contributed by atoms with Gasteiger partial charge in [0.1, 0.15) is 18.4 Å². The molecule has 0 radical (unpaired) electrons. The van der Waals surface area contributed by atoms with Gasteiger partial charge < -0.3 is 25.7 Å². The number of amides is 2. The Morgan fingerprint density at radius 2 is 1.82 bits per heavy atom. The molecule has 1 saturated heterocycles. The van der Waals surface area contributed by atoms with Gasteiger partial charge in [-0.1, -0.05) is 32.1 Å². The highest BCUT2D eigenvalue weighted by atomic mass is 19.1. The number of anilines is 1. The molecule has 0 bridgehead atoms. The van der Waals surface area contributed by atoms with Gasteiger partial charge in [0.05, 0.1) is 6.61 Å². The summed E-state index contributed by atoms with van der Waals surface area (Å²) >= 11 is 0. The number of ether oxygens (including phenoxy) is 1.